The quantitative estimate of drug-likeness (QED) is 0.638. The number of piperidine rings is 1. The second kappa shape index (κ2) is 10.9. The standard InChI is InChI=1S/C26H30ClFN4O4/c1-30(2)14-11-29-23(33)22-17-36-26(32(22)25(35)19-6-4-8-21(28)16-19)9-12-31(13-10-26)24(34)18-5-3-7-20(27)15-18/h3-8,15-16,22H,9-14,17H2,1-2H3,(H,29,33). The van der Waals surface area contributed by atoms with Crippen LogP contribution in [-0.4, -0.2) is 91.1 Å². The summed E-state index contributed by atoms with van der Waals surface area (Å²) in [5.41, 5.74) is -0.446. The number of ether oxygens (including phenoxy) is 1. The van der Waals surface area contributed by atoms with Crippen molar-refractivity contribution in [3.05, 3.63) is 70.5 Å². The number of likely N-dealkylation sites (tertiary alicyclic amines) is 1. The summed E-state index contributed by atoms with van der Waals surface area (Å²) in [7, 11) is 3.80. The lowest BCUT2D eigenvalue weighted by Gasteiger charge is -2.44. The Bertz CT molecular complexity index is 1140. The number of nitrogens with one attached hydrogen (secondary N) is 1. The third-order valence-electron chi connectivity index (χ3n) is 6.62. The number of halogens is 2. The summed E-state index contributed by atoms with van der Waals surface area (Å²) in [5, 5.41) is 3.35. The van der Waals surface area contributed by atoms with Crippen molar-refractivity contribution in [3.8, 4) is 0 Å². The Labute approximate surface area is 214 Å². The van der Waals surface area contributed by atoms with Crippen molar-refractivity contribution in [1.29, 1.82) is 0 Å². The molecule has 2 saturated heterocycles. The number of benzene rings is 2. The smallest absolute Gasteiger partial charge is 0.256 e. The zero-order valence-electron chi connectivity index (χ0n) is 20.4. The molecule has 2 aliphatic heterocycles. The average Bonchev–Trinajstić information content (AvgIpc) is 3.22. The van der Waals surface area contributed by atoms with Gasteiger partial charge in [0.1, 0.15) is 17.6 Å². The van der Waals surface area contributed by atoms with Crippen LogP contribution in [0, 0.1) is 5.82 Å². The van der Waals surface area contributed by atoms with Gasteiger partial charge in [-0.1, -0.05) is 23.7 Å². The molecule has 10 heteroatoms. The third-order valence-corrected chi connectivity index (χ3v) is 6.85. The van der Waals surface area contributed by atoms with Crippen molar-refractivity contribution in [1.82, 2.24) is 20.0 Å². The summed E-state index contributed by atoms with van der Waals surface area (Å²) in [5.74, 6) is -1.50. The van der Waals surface area contributed by atoms with Crippen LogP contribution < -0.4 is 5.32 Å². The van der Waals surface area contributed by atoms with E-state index in [1.807, 2.05) is 19.0 Å². The van der Waals surface area contributed by atoms with E-state index in [2.05, 4.69) is 5.32 Å². The van der Waals surface area contributed by atoms with Crippen molar-refractivity contribution in [2.75, 3.05) is 46.9 Å². The first-order chi connectivity index (χ1) is 17.2. The molecule has 2 fully saturated rings. The lowest BCUT2D eigenvalue weighted by molar-refractivity contribution is -0.128. The highest BCUT2D eigenvalue weighted by atomic mass is 35.5. The van der Waals surface area contributed by atoms with Gasteiger partial charge in [-0.3, -0.25) is 19.3 Å². The van der Waals surface area contributed by atoms with Crippen LogP contribution in [0.1, 0.15) is 33.6 Å². The fourth-order valence-corrected chi connectivity index (χ4v) is 4.90. The van der Waals surface area contributed by atoms with E-state index >= 15 is 0 Å². The minimum atomic E-state index is -1.07. The Morgan fingerprint density at radius 1 is 1.08 bits per heavy atom. The predicted octanol–water partition coefficient (Wildman–Crippen LogP) is 2.63. The number of likely N-dealkylation sites (N-methyl/N-ethyl adjacent to an activating group) is 1. The fourth-order valence-electron chi connectivity index (χ4n) is 4.71. The second-order valence-electron chi connectivity index (χ2n) is 9.36. The minimum absolute atomic E-state index is 0.0249. The Morgan fingerprint density at radius 2 is 1.75 bits per heavy atom. The molecule has 1 N–H and O–H groups in total. The maximum atomic E-state index is 13.9. The number of amides is 3. The predicted molar refractivity (Wildman–Crippen MR) is 133 cm³/mol. The molecule has 4 rings (SSSR count). The monoisotopic (exact) mass is 516 g/mol. The first kappa shape index (κ1) is 26.1. The van der Waals surface area contributed by atoms with Crippen LogP contribution in [0.2, 0.25) is 5.02 Å². The van der Waals surface area contributed by atoms with Crippen molar-refractivity contribution >= 4 is 29.3 Å². The van der Waals surface area contributed by atoms with E-state index < -0.39 is 23.5 Å². The third kappa shape index (κ3) is 5.53. The van der Waals surface area contributed by atoms with Crippen molar-refractivity contribution in [3.63, 3.8) is 0 Å². The molecule has 3 amide bonds. The number of carbonyl (C=O) groups is 3. The van der Waals surface area contributed by atoms with Crippen LogP contribution >= 0.6 is 11.6 Å². The van der Waals surface area contributed by atoms with Gasteiger partial charge in [-0.05, 0) is 50.5 Å². The van der Waals surface area contributed by atoms with Gasteiger partial charge in [0.05, 0.1) is 6.61 Å². The molecule has 0 aromatic heterocycles. The van der Waals surface area contributed by atoms with Crippen molar-refractivity contribution in [2.45, 2.75) is 24.6 Å². The van der Waals surface area contributed by atoms with E-state index in [1.54, 1.807) is 29.2 Å². The normalized spacial score (nSPS) is 19.1. The van der Waals surface area contributed by atoms with Gasteiger partial charge in [0, 0.05) is 55.2 Å². The zero-order valence-corrected chi connectivity index (χ0v) is 21.1. The van der Waals surface area contributed by atoms with Crippen LogP contribution in [0.5, 0.6) is 0 Å². The summed E-state index contributed by atoms with van der Waals surface area (Å²) in [6, 6.07) is 11.3. The number of hydrogen-bond donors (Lipinski definition) is 1. The van der Waals surface area contributed by atoms with Crippen LogP contribution in [0.3, 0.4) is 0 Å². The van der Waals surface area contributed by atoms with Crippen LogP contribution in [-0.2, 0) is 9.53 Å². The largest absolute Gasteiger partial charge is 0.353 e. The summed E-state index contributed by atoms with van der Waals surface area (Å²) in [6.45, 7) is 1.74. The lowest BCUT2D eigenvalue weighted by Crippen LogP contribution is -2.60. The van der Waals surface area contributed by atoms with Gasteiger partial charge in [0.2, 0.25) is 5.91 Å². The first-order valence-corrected chi connectivity index (χ1v) is 12.3. The molecular weight excluding hydrogens is 487 g/mol. The van der Waals surface area contributed by atoms with Crippen molar-refractivity contribution < 1.29 is 23.5 Å². The maximum Gasteiger partial charge on any atom is 0.256 e. The van der Waals surface area contributed by atoms with Gasteiger partial charge in [0.15, 0.2) is 0 Å². The molecule has 0 aliphatic carbocycles. The number of carbonyl (C=O) groups excluding carboxylic acids is 3. The Hall–Kier alpha value is -3.01. The highest BCUT2D eigenvalue weighted by molar-refractivity contribution is 6.30. The molecule has 0 bridgehead atoms. The summed E-state index contributed by atoms with van der Waals surface area (Å²) in [6.07, 6.45) is 0.643. The molecule has 36 heavy (non-hydrogen) atoms. The lowest BCUT2D eigenvalue weighted by atomic mass is 9.96. The molecule has 1 atom stereocenters. The van der Waals surface area contributed by atoms with Crippen LogP contribution in [0.4, 0.5) is 4.39 Å². The molecule has 0 radical (unpaired) electrons. The first-order valence-electron chi connectivity index (χ1n) is 11.9. The van der Waals surface area contributed by atoms with E-state index in [0.29, 0.717) is 49.6 Å². The maximum absolute atomic E-state index is 13.9. The minimum Gasteiger partial charge on any atom is -0.353 e. The van der Waals surface area contributed by atoms with E-state index in [0.717, 1.165) is 6.07 Å². The average molecular weight is 517 g/mol. The number of rotatable bonds is 6. The molecule has 2 aromatic rings. The molecule has 2 aliphatic rings. The van der Waals surface area contributed by atoms with Crippen LogP contribution in [0.25, 0.3) is 0 Å². The van der Waals surface area contributed by atoms with Gasteiger partial charge in [-0.15, -0.1) is 0 Å². The van der Waals surface area contributed by atoms with Gasteiger partial charge < -0.3 is 19.9 Å². The Morgan fingerprint density at radius 3 is 2.39 bits per heavy atom. The Kier molecular flexibility index (Phi) is 7.92. The van der Waals surface area contributed by atoms with Crippen molar-refractivity contribution in [2.24, 2.45) is 0 Å². The molecular formula is C26H30ClFN4O4. The summed E-state index contributed by atoms with van der Waals surface area (Å²) in [4.78, 5) is 44.8. The molecule has 8 nitrogen and oxygen atoms in total. The molecule has 0 saturated carbocycles. The molecule has 2 heterocycles. The molecule has 1 unspecified atom stereocenters. The number of nitrogens with zero attached hydrogens (tertiary/aromatic N) is 3. The fraction of sp³-hybridized carbons (Fsp3) is 0.423. The van der Waals surface area contributed by atoms with E-state index in [1.165, 1.54) is 23.1 Å². The molecule has 1 spiro atoms. The number of hydrogen-bond acceptors (Lipinski definition) is 5. The topological polar surface area (TPSA) is 82.2 Å². The zero-order chi connectivity index (χ0) is 25.9. The molecule has 2 aromatic carbocycles. The van der Waals surface area contributed by atoms with Gasteiger partial charge in [0.25, 0.3) is 11.8 Å². The summed E-state index contributed by atoms with van der Waals surface area (Å²) < 4.78 is 20.1. The Balaban J connectivity index is 1.55. The van der Waals surface area contributed by atoms with Gasteiger partial charge in [-0.25, -0.2) is 4.39 Å². The highest BCUT2D eigenvalue weighted by Crippen LogP contribution is 2.39. The van der Waals surface area contributed by atoms with E-state index in [-0.39, 0.29) is 24.0 Å². The van der Waals surface area contributed by atoms with E-state index in [4.69, 9.17) is 16.3 Å². The molecule has 192 valence electrons. The van der Waals surface area contributed by atoms with Gasteiger partial charge in [-0.2, -0.15) is 0 Å². The van der Waals surface area contributed by atoms with Gasteiger partial charge >= 0.3 is 0 Å². The van der Waals surface area contributed by atoms with Crippen LogP contribution in [0.15, 0.2) is 48.5 Å². The van der Waals surface area contributed by atoms with E-state index in [9.17, 15) is 18.8 Å². The summed E-state index contributed by atoms with van der Waals surface area (Å²) >= 11 is 6.05. The SMILES string of the molecule is CN(C)CCNC(=O)C1COC2(CCN(C(=O)c3cccc(Cl)c3)CC2)N1C(=O)c1cccc(F)c1. The highest BCUT2D eigenvalue weighted by Gasteiger charge is 2.54. The second-order valence-corrected chi connectivity index (χ2v) is 9.79.